The van der Waals surface area contributed by atoms with Crippen molar-refractivity contribution < 1.29 is 5.11 Å². The fourth-order valence-electron chi connectivity index (χ4n) is 9.79. The van der Waals surface area contributed by atoms with Crippen LogP contribution in [-0.4, -0.2) is 11.2 Å². The molecule has 0 spiro atoms. The van der Waals surface area contributed by atoms with E-state index >= 15 is 0 Å². The van der Waals surface area contributed by atoms with Gasteiger partial charge >= 0.3 is 0 Å². The summed E-state index contributed by atoms with van der Waals surface area (Å²) >= 11 is 0. The molecule has 1 nitrogen and oxygen atoms in total. The van der Waals surface area contributed by atoms with Crippen LogP contribution in [0.5, 0.6) is 0 Å². The molecule has 1 N–H and O–H groups in total. The Hall–Kier alpha value is -0.300. The normalized spacial score (nSPS) is 47.4. The monoisotopic (exact) mass is 428 g/mol. The summed E-state index contributed by atoms with van der Waals surface area (Å²) in [5.41, 5.74) is 2.85. The standard InChI is InChI=1S/C30H52O/c1-20(2)10-9-11-21(3)22-14-18-30(8)24-12-13-25-27(4,5)26(31)16-17-28(25,6)23(24)15-19-29(22,30)7/h13,20-24,26,31H,9-12,14-19H2,1-8H3. The summed E-state index contributed by atoms with van der Waals surface area (Å²) in [4.78, 5) is 0. The molecule has 0 saturated heterocycles. The molecule has 0 aliphatic heterocycles. The highest BCUT2D eigenvalue weighted by molar-refractivity contribution is 5.32. The number of hydrogen-bond donors (Lipinski definition) is 1. The molecule has 31 heavy (non-hydrogen) atoms. The van der Waals surface area contributed by atoms with E-state index in [0.29, 0.717) is 16.2 Å². The van der Waals surface area contributed by atoms with Crippen molar-refractivity contribution in [2.75, 3.05) is 0 Å². The zero-order valence-electron chi connectivity index (χ0n) is 22.1. The van der Waals surface area contributed by atoms with Crippen LogP contribution in [0.3, 0.4) is 0 Å². The van der Waals surface area contributed by atoms with Crippen molar-refractivity contribution in [1.29, 1.82) is 0 Å². The van der Waals surface area contributed by atoms with Gasteiger partial charge in [-0.15, -0.1) is 0 Å². The lowest BCUT2D eigenvalue weighted by Crippen LogP contribution is -2.57. The summed E-state index contributed by atoms with van der Waals surface area (Å²) in [6, 6.07) is 0. The predicted octanol–water partition coefficient (Wildman–Crippen LogP) is 8.41. The highest BCUT2D eigenvalue weighted by atomic mass is 16.3. The van der Waals surface area contributed by atoms with E-state index in [1.54, 1.807) is 5.57 Å². The van der Waals surface area contributed by atoms with E-state index in [9.17, 15) is 5.11 Å². The molecule has 0 radical (unpaired) electrons. The molecular weight excluding hydrogens is 376 g/mol. The Morgan fingerprint density at radius 2 is 1.55 bits per heavy atom. The van der Waals surface area contributed by atoms with Crippen LogP contribution in [-0.2, 0) is 0 Å². The van der Waals surface area contributed by atoms with Gasteiger partial charge in [-0.3, -0.25) is 0 Å². The molecule has 0 amide bonds. The fraction of sp³-hybridized carbons (Fsp3) is 0.933. The average molecular weight is 429 g/mol. The second kappa shape index (κ2) is 7.89. The van der Waals surface area contributed by atoms with Crippen molar-refractivity contribution in [3.8, 4) is 0 Å². The van der Waals surface area contributed by atoms with Crippen molar-refractivity contribution in [3.05, 3.63) is 11.6 Å². The van der Waals surface area contributed by atoms with Gasteiger partial charge in [0.15, 0.2) is 0 Å². The number of aliphatic hydroxyl groups is 1. The van der Waals surface area contributed by atoms with Gasteiger partial charge < -0.3 is 5.11 Å². The van der Waals surface area contributed by atoms with Gasteiger partial charge in [0.1, 0.15) is 0 Å². The van der Waals surface area contributed by atoms with E-state index in [4.69, 9.17) is 0 Å². The van der Waals surface area contributed by atoms with Gasteiger partial charge in [-0.25, -0.2) is 0 Å². The van der Waals surface area contributed by atoms with Crippen LogP contribution >= 0.6 is 0 Å². The van der Waals surface area contributed by atoms with Crippen LogP contribution in [0, 0.1) is 51.2 Å². The minimum atomic E-state index is -0.171. The van der Waals surface area contributed by atoms with Gasteiger partial charge in [0.05, 0.1) is 6.10 Å². The van der Waals surface area contributed by atoms with E-state index in [0.717, 1.165) is 36.0 Å². The first kappa shape index (κ1) is 23.8. The molecule has 8 atom stereocenters. The fourth-order valence-corrected chi connectivity index (χ4v) is 9.79. The Balaban J connectivity index is 1.59. The molecule has 0 bridgehead atoms. The zero-order chi connectivity index (χ0) is 22.8. The maximum absolute atomic E-state index is 10.8. The summed E-state index contributed by atoms with van der Waals surface area (Å²) < 4.78 is 0. The second-order valence-corrected chi connectivity index (χ2v) is 14.1. The Morgan fingerprint density at radius 3 is 2.23 bits per heavy atom. The summed E-state index contributed by atoms with van der Waals surface area (Å²) in [7, 11) is 0. The van der Waals surface area contributed by atoms with Gasteiger partial charge in [-0.1, -0.05) is 86.3 Å². The Bertz CT molecular complexity index is 703. The third kappa shape index (κ3) is 3.41. The molecule has 3 fully saturated rings. The lowest BCUT2D eigenvalue weighted by Gasteiger charge is -2.64. The van der Waals surface area contributed by atoms with E-state index < -0.39 is 0 Å². The largest absolute Gasteiger partial charge is 0.392 e. The molecule has 0 aromatic carbocycles. The molecule has 8 unspecified atom stereocenters. The van der Waals surface area contributed by atoms with E-state index in [2.05, 4.69) is 61.5 Å². The van der Waals surface area contributed by atoms with Crippen LogP contribution in [0.1, 0.15) is 120 Å². The number of fused-ring (bicyclic) bond motifs is 5. The van der Waals surface area contributed by atoms with Crippen molar-refractivity contribution in [1.82, 2.24) is 0 Å². The molecule has 3 saturated carbocycles. The first-order valence-electron chi connectivity index (χ1n) is 13.8. The summed E-state index contributed by atoms with van der Waals surface area (Å²) in [6.07, 6.45) is 15.8. The summed E-state index contributed by atoms with van der Waals surface area (Å²) in [5, 5.41) is 10.8. The molecular formula is C30H52O. The highest BCUT2D eigenvalue weighted by Gasteiger charge is 2.65. The first-order valence-corrected chi connectivity index (χ1v) is 13.8. The lowest BCUT2D eigenvalue weighted by atomic mass is 9.40. The van der Waals surface area contributed by atoms with Crippen LogP contribution in [0.25, 0.3) is 0 Å². The Kier molecular flexibility index (Phi) is 6.07. The lowest BCUT2D eigenvalue weighted by molar-refractivity contribution is -0.124. The van der Waals surface area contributed by atoms with E-state index in [1.165, 1.54) is 57.8 Å². The highest BCUT2D eigenvalue weighted by Crippen LogP contribution is 2.73. The van der Waals surface area contributed by atoms with E-state index in [-0.39, 0.29) is 11.5 Å². The topological polar surface area (TPSA) is 20.2 Å². The first-order chi connectivity index (χ1) is 14.4. The summed E-state index contributed by atoms with van der Waals surface area (Å²) in [5.74, 6) is 4.27. The number of rotatable bonds is 5. The average Bonchev–Trinajstić information content (AvgIpc) is 2.96. The number of aliphatic hydroxyl groups excluding tert-OH is 1. The number of allylic oxidation sites excluding steroid dienone is 1. The van der Waals surface area contributed by atoms with Crippen LogP contribution in [0.4, 0.5) is 0 Å². The van der Waals surface area contributed by atoms with Crippen LogP contribution < -0.4 is 0 Å². The summed E-state index contributed by atoms with van der Waals surface area (Å²) in [6.45, 7) is 19.9. The Labute approximate surface area is 193 Å². The molecule has 4 rings (SSSR count). The molecule has 178 valence electrons. The van der Waals surface area contributed by atoms with Crippen molar-refractivity contribution in [2.45, 2.75) is 126 Å². The minimum absolute atomic E-state index is 0.0528. The van der Waals surface area contributed by atoms with Crippen LogP contribution in [0.2, 0.25) is 0 Å². The molecule has 4 aliphatic carbocycles. The number of hydrogen-bond acceptors (Lipinski definition) is 1. The van der Waals surface area contributed by atoms with Gasteiger partial charge in [0, 0.05) is 5.41 Å². The molecule has 4 aliphatic rings. The van der Waals surface area contributed by atoms with Crippen molar-refractivity contribution in [3.63, 3.8) is 0 Å². The zero-order valence-corrected chi connectivity index (χ0v) is 22.1. The van der Waals surface area contributed by atoms with Crippen molar-refractivity contribution in [2.24, 2.45) is 51.2 Å². The van der Waals surface area contributed by atoms with Crippen LogP contribution in [0.15, 0.2) is 11.6 Å². The molecule has 0 aromatic rings. The van der Waals surface area contributed by atoms with Gasteiger partial charge in [0.25, 0.3) is 0 Å². The third-order valence-corrected chi connectivity index (χ3v) is 12.0. The minimum Gasteiger partial charge on any atom is -0.392 e. The van der Waals surface area contributed by atoms with Gasteiger partial charge in [-0.05, 0) is 90.8 Å². The van der Waals surface area contributed by atoms with Crippen molar-refractivity contribution >= 4 is 0 Å². The second-order valence-electron chi connectivity index (χ2n) is 14.1. The maximum Gasteiger partial charge on any atom is 0.0628 e. The van der Waals surface area contributed by atoms with Gasteiger partial charge in [0.2, 0.25) is 0 Å². The van der Waals surface area contributed by atoms with E-state index in [1.807, 2.05) is 0 Å². The van der Waals surface area contributed by atoms with Gasteiger partial charge in [-0.2, -0.15) is 0 Å². The Morgan fingerprint density at radius 1 is 0.871 bits per heavy atom. The third-order valence-electron chi connectivity index (χ3n) is 12.0. The predicted molar refractivity (Wildman–Crippen MR) is 133 cm³/mol. The molecule has 0 aromatic heterocycles. The quantitative estimate of drug-likeness (QED) is 0.436. The molecule has 0 heterocycles. The smallest absolute Gasteiger partial charge is 0.0628 e. The molecule has 1 heteroatoms. The maximum atomic E-state index is 10.8. The SMILES string of the molecule is CC(C)CCCC(C)C1CCC2(C)C3CC=C4C(C)(C)C(O)CCC4(C)C3CCC12C.